The molecule has 0 fully saturated rings. The molecule has 0 heterocycles. The van der Waals surface area contributed by atoms with Gasteiger partial charge < -0.3 is 0 Å². The first kappa shape index (κ1) is 7.81. The van der Waals surface area contributed by atoms with Gasteiger partial charge in [-0.25, -0.2) is 4.90 Å². The summed E-state index contributed by atoms with van der Waals surface area (Å²) in [5.74, 6) is -1.23. The molecule has 9 heavy (non-hydrogen) atoms. The molecule has 49 valence electrons. The normalized spacial score (nSPS) is 8.22. The molecular formula is C5H6NO3. The SMILES string of the molecule is CC(=O)N([C]=O)C(C)=O. The lowest BCUT2D eigenvalue weighted by atomic mass is 10.5. The van der Waals surface area contributed by atoms with E-state index >= 15 is 0 Å². The zero-order valence-electron chi connectivity index (χ0n) is 5.17. The molecule has 0 rings (SSSR count). The highest BCUT2D eigenvalue weighted by molar-refractivity contribution is 6.02. The first-order valence-corrected chi connectivity index (χ1v) is 2.28. The molecule has 0 bridgehead atoms. The first-order valence-electron chi connectivity index (χ1n) is 2.28. The van der Waals surface area contributed by atoms with Crippen molar-refractivity contribution >= 4 is 18.2 Å². The minimum Gasteiger partial charge on any atom is -0.274 e. The molecule has 4 nitrogen and oxygen atoms in total. The van der Waals surface area contributed by atoms with Crippen molar-refractivity contribution < 1.29 is 14.4 Å². The second-order valence-corrected chi connectivity index (χ2v) is 1.46. The first-order chi connectivity index (χ1) is 4.09. The molecule has 0 aromatic rings. The number of rotatable bonds is 1. The van der Waals surface area contributed by atoms with Crippen molar-refractivity contribution in [3.63, 3.8) is 0 Å². The van der Waals surface area contributed by atoms with Crippen LogP contribution in [0.3, 0.4) is 0 Å². The van der Waals surface area contributed by atoms with Crippen molar-refractivity contribution in [2.45, 2.75) is 13.8 Å². The van der Waals surface area contributed by atoms with Gasteiger partial charge in [0.25, 0.3) is 0 Å². The fourth-order valence-corrected chi connectivity index (χ4v) is 0.350. The molecule has 4 heteroatoms. The lowest BCUT2D eigenvalue weighted by Crippen LogP contribution is -2.31. The summed E-state index contributed by atoms with van der Waals surface area (Å²) in [6.07, 6.45) is 1.19. The van der Waals surface area contributed by atoms with Crippen LogP contribution >= 0.6 is 0 Å². The lowest BCUT2D eigenvalue weighted by Gasteiger charge is -2.03. The monoisotopic (exact) mass is 128 g/mol. The van der Waals surface area contributed by atoms with E-state index in [1.54, 1.807) is 0 Å². The zero-order chi connectivity index (χ0) is 7.44. The van der Waals surface area contributed by atoms with Gasteiger partial charge in [-0.3, -0.25) is 14.4 Å². The molecule has 0 saturated heterocycles. The summed E-state index contributed by atoms with van der Waals surface area (Å²) in [4.78, 5) is 30.6. The Labute approximate surface area is 52.4 Å². The van der Waals surface area contributed by atoms with Gasteiger partial charge in [0.2, 0.25) is 11.8 Å². The van der Waals surface area contributed by atoms with Crippen LogP contribution in [0.4, 0.5) is 0 Å². The molecule has 0 aliphatic rings. The number of imide groups is 3. The quantitative estimate of drug-likeness (QED) is 0.445. The van der Waals surface area contributed by atoms with Crippen LogP contribution in [0.15, 0.2) is 0 Å². The van der Waals surface area contributed by atoms with E-state index in [0.29, 0.717) is 4.90 Å². The third-order valence-electron chi connectivity index (χ3n) is 0.721. The molecule has 0 aromatic carbocycles. The van der Waals surface area contributed by atoms with Gasteiger partial charge in [0.1, 0.15) is 0 Å². The Morgan fingerprint density at radius 1 is 1.22 bits per heavy atom. The van der Waals surface area contributed by atoms with Crippen LogP contribution in [-0.4, -0.2) is 23.1 Å². The number of hydrogen-bond donors (Lipinski definition) is 0. The van der Waals surface area contributed by atoms with Crippen molar-refractivity contribution in [2.24, 2.45) is 0 Å². The molecule has 0 unspecified atom stereocenters. The van der Waals surface area contributed by atoms with Gasteiger partial charge in [0.05, 0.1) is 0 Å². The van der Waals surface area contributed by atoms with E-state index in [1.165, 1.54) is 6.41 Å². The third-order valence-corrected chi connectivity index (χ3v) is 0.721. The minimum absolute atomic E-state index is 0.375. The van der Waals surface area contributed by atoms with Gasteiger partial charge in [-0.05, 0) is 0 Å². The maximum absolute atomic E-state index is 10.3. The standard InChI is InChI=1S/C5H6NO3/c1-4(8)6(3-7)5(2)9/h1-2H3. The Morgan fingerprint density at radius 2 is 1.56 bits per heavy atom. The van der Waals surface area contributed by atoms with Gasteiger partial charge >= 0.3 is 6.41 Å². The van der Waals surface area contributed by atoms with Crippen molar-refractivity contribution in [1.29, 1.82) is 0 Å². The Hall–Kier alpha value is -1.19. The summed E-state index contributed by atoms with van der Waals surface area (Å²) in [5, 5.41) is 0. The van der Waals surface area contributed by atoms with Crippen LogP contribution in [-0.2, 0) is 14.4 Å². The topological polar surface area (TPSA) is 54.5 Å². The van der Waals surface area contributed by atoms with Gasteiger partial charge in [0.15, 0.2) is 0 Å². The minimum atomic E-state index is -0.613. The van der Waals surface area contributed by atoms with Crippen LogP contribution < -0.4 is 0 Å². The second-order valence-electron chi connectivity index (χ2n) is 1.46. The average molecular weight is 128 g/mol. The van der Waals surface area contributed by atoms with Crippen LogP contribution in [0, 0.1) is 0 Å². The highest BCUT2D eigenvalue weighted by atomic mass is 16.2. The lowest BCUT2D eigenvalue weighted by molar-refractivity contribution is -0.137. The molecule has 0 atom stereocenters. The fourth-order valence-electron chi connectivity index (χ4n) is 0.350. The zero-order valence-corrected chi connectivity index (χ0v) is 5.17. The smallest absolute Gasteiger partial charge is 0.274 e. The Bertz CT molecular complexity index is 138. The van der Waals surface area contributed by atoms with E-state index < -0.39 is 11.8 Å². The highest BCUT2D eigenvalue weighted by Crippen LogP contribution is 1.83. The summed E-state index contributed by atoms with van der Waals surface area (Å²) in [6.45, 7) is 2.23. The van der Waals surface area contributed by atoms with E-state index in [0.717, 1.165) is 13.8 Å². The molecule has 0 saturated carbocycles. The van der Waals surface area contributed by atoms with E-state index in [4.69, 9.17) is 0 Å². The van der Waals surface area contributed by atoms with Crippen molar-refractivity contribution in [2.75, 3.05) is 0 Å². The molecular weight excluding hydrogens is 122 g/mol. The van der Waals surface area contributed by atoms with Gasteiger partial charge in [-0.1, -0.05) is 0 Å². The Balaban J connectivity index is 4.16. The molecule has 3 amide bonds. The molecule has 1 radical (unpaired) electrons. The fraction of sp³-hybridized carbons (Fsp3) is 0.400. The number of carbonyl (C=O) groups excluding carboxylic acids is 3. The maximum Gasteiger partial charge on any atom is 0.326 e. The van der Waals surface area contributed by atoms with Crippen molar-refractivity contribution in [3.8, 4) is 0 Å². The van der Waals surface area contributed by atoms with Crippen LogP contribution in [0.2, 0.25) is 0 Å². The van der Waals surface area contributed by atoms with E-state index in [1.807, 2.05) is 0 Å². The second kappa shape index (κ2) is 2.96. The van der Waals surface area contributed by atoms with E-state index in [9.17, 15) is 14.4 Å². The largest absolute Gasteiger partial charge is 0.326 e. The highest BCUT2D eigenvalue weighted by Gasteiger charge is 2.11. The Morgan fingerprint density at radius 3 is 1.56 bits per heavy atom. The molecule has 0 spiro atoms. The van der Waals surface area contributed by atoms with Crippen molar-refractivity contribution in [1.82, 2.24) is 4.90 Å². The summed E-state index contributed by atoms with van der Waals surface area (Å²) in [6, 6.07) is 0. The Kier molecular flexibility index (Phi) is 2.57. The molecule has 0 aliphatic carbocycles. The summed E-state index contributed by atoms with van der Waals surface area (Å²) >= 11 is 0. The average Bonchev–Trinajstić information content (AvgIpc) is 1.64. The van der Waals surface area contributed by atoms with Crippen LogP contribution in [0.5, 0.6) is 0 Å². The van der Waals surface area contributed by atoms with E-state index in [2.05, 4.69) is 0 Å². The summed E-state index contributed by atoms with van der Waals surface area (Å²) < 4.78 is 0. The summed E-state index contributed by atoms with van der Waals surface area (Å²) in [7, 11) is 0. The number of nitrogens with zero attached hydrogens (tertiary/aromatic N) is 1. The predicted octanol–water partition coefficient (Wildman–Crippen LogP) is -0.551. The van der Waals surface area contributed by atoms with Gasteiger partial charge in [0, 0.05) is 13.8 Å². The molecule has 0 aromatic heterocycles. The maximum atomic E-state index is 10.3. The van der Waals surface area contributed by atoms with E-state index in [-0.39, 0.29) is 0 Å². The van der Waals surface area contributed by atoms with Crippen LogP contribution in [0.1, 0.15) is 13.8 Å². The number of carbonyl (C=O) groups is 2. The van der Waals surface area contributed by atoms with Crippen molar-refractivity contribution in [3.05, 3.63) is 0 Å². The molecule has 0 aliphatic heterocycles. The third kappa shape index (κ3) is 2.03. The summed E-state index contributed by atoms with van der Waals surface area (Å²) in [5.41, 5.74) is 0. The molecule has 0 N–H and O–H groups in total. The predicted molar refractivity (Wildman–Crippen MR) is 28.9 cm³/mol. The number of hydrogen-bond acceptors (Lipinski definition) is 3. The van der Waals surface area contributed by atoms with Crippen LogP contribution in [0.25, 0.3) is 0 Å². The van der Waals surface area contributed by atoms with Gasteiger partial charge in [-0.2, -0.15) is 0 Å². The number of amides is 3. The van der Waals surface area contributed by atoms with Gasteiger partial charge in [-0.15, -0.1) is 0 Å².